The van der Waals surface area contributed by atoms with Crippen molar-refractivity contribution < 1.29 is 4.74 Å². The van der Waals surface area contributed by atoms with E-state index in [1.165, 1.54) is 18.4 Å². The van der Waals surface area contributed by atoms with Gasteiger partial charge in [0, 0.05) is 31.2 Å². The van der Waals surface area contributed by atoms with Crippen LogP contribution in [-0.4, -0.2) is 57.3 Å². The monoisotopic (exact) mass is 552 g/mol. The molecule has 2 rings (SSSR count). The molecule has 1 unspecified atom stereocenters. The Hall–Kier alpha value is -0.380. The lowest BCUT2D eigenvalue weighted by molar-refractivity contribution is 0.121. The van der Waals surface area contributed by atoms with Crippen molar-refractivity contribution in [2.75, 3.05) is 46.4 Å². The zero-order chi connectivity index (χ0) is 18.8. The second kappa shape index (κ2) is 13.7. The van der Waals surface area contributed by atoms with Crippen LogP contribution >= 0.6 is 39.9 Å². The SMILES string of the molecule is CCNC(=NCC1CCN(CCOC)CC1)NC(C)c1ccccc1Br.I. The van der Waals surface area contributed by atoms with E-state index < -0.39 is 0 Å². The fourth-order valence-electron chi connectivity index (χ4n) is 3.26. The lowest BCUT2D eigenvalue weighted by Gasteiger charge is -2.31. The van der Waals surface area contributed by atoms with Crippen LogP contribution < -0.4 is 10.6 Å². The summed E-state index contributed by atoms with van der Waals surface area (Å²) >= 11 is 3.64. The third-order valence-corrected chi connectivity index (χ3v) is 5.62. The molecule has 0 bridgehead atoms. The van der Waals surface area contributed by atoms with Gasteiger partial charge < -0.3 is 20.3 Å². The van der Waals surface area contributed by atoms with Gasteiger partial charge in [-0.3, -0.25) is 4.99 Å². The van der Waals surface area contributed by atoms with Gasteiger partial charge in [0.15, 0.2) is 5.96 Å². The van der Waals surface area contributed by atoms with E-state index in [0.717, 1.165) is 49.8 Å². The smallest absolute Gasteiger partial charge is 0.191 e. The van der Waals surface area contributed by atoms with E-state index in [0.29, 0.717) is 5.92 Å². The fraction of sp³-hybridized carbons (Fsp3) is 0.650. The molecule has 0 aromatic heterocycles. The summed E-state index contributed by atoms with van der Waals surface area (Å²) in [6.45, 7) is 10.2. The van der Waals surface area contributed by atoms with E-state index in [2.05, 4.69) is 63.5 Å². The molecule has 0 radical (unpaired) electrons. The molecule has 1 heterocycles. The van der Waals surface area contributed by atoms with E-state index in [-0.39, 0.29) is 30.0 Å². The highest BCUT2D eigenvalue weighted by Crippen LogP contribution is 2.22. The Morgan fingerprint density at radius 1 is 1.33 bits per heavy atom. The van der Waals surface area contributed by atoms with Crippen LogP contribution in [0.15, 0.2) is 33.7 Å². The average Bonchev–Trinajstić information content (AvgIpc) is 2.65. The van der Waals surface area contributed by atoms with Crippen LogP contribution in [0, 0.1) is 5.92 Å². The van der Waals surface area contributed by atoms with Crippen molar-refractivity contribution in [1.82, 2.24) is 15.5 Å². The summed E-state index contributed by atoms with van der Waals surface area (Å²) in [6, 6.07) is 8.52. The zero-order valence-electron chi connectivity index (χ0n) is 16.7. The number of ether oxygens (including phenoxy) is 1. The van der Waals surface area contributed by atoms with Crippen molar-refractivity contribution in [3.05, 3.63) is 34.3 Å². The number of hydrogen-bond donors (Lipinski definition) is 2. The molecule has 1 aliphatic rings. The van der Waals surface area contributed by atoms with Gasteiger partial charge in [-0.1, -0.05) is 34.1 Å². The van der Waals surface area contributed by atoms with Gasteiger partial charge in [0.1, 0.15) is 0 Å². The summed E-state index contributed by atoms with van der Waals surface area (Å²) in [7, 11) is 1.77. The largest absolute Gasteiger partial charge is 0.383 e. The van der Waals surface area contributed by atoms with E-state index in [4.69, 9.17) is 9.73 Å². The zero-order valence-corrected chi connectivity index (χ0v) is 20.6. The van der Waals surface area contributed by atoms with Crippen molar-refractivity contribution in [3.8, 4) is 0 Å². The standard InChI is InChI=1S/C20H33BrN4O.HI/c1-4-22-20(24-16(2)18-7-5-6-8-19(18)21)23-15-17-9-11-25(12-10-17)13-14-26-3;/h5-8,16-17H,4,9-15H2,1-3H3,(H2,22,23,24);1H. The van der Waals surface area contributed by atoms with Crippen LogP contribution in [0.4, 0.5) is 0 Å². The maximum atomic E-state index is 5.18. The highest BCUT2D eigenvalue weighted by atomic mass is 127. The topological polar surface area (TPSA) is 48.9 Å². The molecule has 1 saturated heterocycles. The van der Waals surface area contributed by atoms with Crippen LogP contribution in [-0.2, 0) is 4.74 Å². The van der Waals surface area contributed by atoms with Crippen molar-refractivity contribution in [2.24, 2.45) is 10.9 Å². The van der Waals surface area contributed by atoms with E-state index in [9.17, 15) is 0 Å². The third-order valence-electron chi connectivity index (χ3n) is 4.90. The number of piperidine rings is 1. The minimum atomic E-state index is 0. The van der Waals surface area contributed by atoms with Crippen molar-refractivity contribution in [3.63, 3.8) is 0 Å². The first-order chi connectivity index (χ1) is 12.6. The van der Waals surface area contributed by atoms with Gasteiger partial charge >= 0.3 is 0 Å². The molecular formula is C20H34BrIN4O. The number of rotatable bonds is 8. The van der Waals surface area contributed by atoms with Crippen molar-refractivity contribution in [2.45, 2.75) is 32.7 Å². The van der Waals surface area contributed by atoms with Gasteiger partial charge in [-0.15, -0.1) is 24.0 Å². The van der Waals surface area contributed by atoms with Gasteiger partial charge in [0.05, 0.1) is 12.6 Å². The first kappa shape index (κ1) is 24.7. The minimum Gasteiger partial charge on any atom is -0.383 e. The number of aliphatic imine (C=N–C) groups is 1. The summed E-state index contributed by atoms with van der Waals surface area (Å²) < 4.78 is 6.30. The Morgan fingerprint density at radius 2 is 2.04 bits per heavy atom. The van der Waals surface area contributed by atoms with Crippen LogP contribution in [0.2, 0.25) is 0 Å². The quantitative estimate of drug-likeness (QED) is 0.290. The minimum absolute atomic E-state index is 0. The highest BCUT2D eigenvalue weighted by molar-refractivity contribution is 14.0. The number of guanidine groups is 1. The first-order valence-corrected chi connectivity index (χ1v) is 10.4. The summed E-state index contributed by atoms with van der Waals surface area (Å²) in [5.74, 6) is 1.57. The number of nitrogens with one attached hydrogen (secondary N) is 2. The van der Waals surface area contributed by atoms with Crippen molar-refractivity contribution in [1.29, 1.82) is 0 Å². The summed E-state index contributed by atoms with van der Waals surface area (Å²) in [5, 5.41) is 6.91. The predicted molar refractivity (Wildman–Crippen MR) is 128 cm³/mol. The Labute approximate surface area is 189 Å². The number of benzene rings is 1. The normalized spacial score (nSPS) is 17.3. The number of likely N-dealkylation sites (tertiary alicyclic amines) is 1. The lowest BCUT2D eigenvalue weighted by atomic mass is 9.97. The molecule has 0 amide bonds. The maximum Gasteiger partial charge on any atom is 0.191 e. The number of hydrogen-bond acceptors (Lipinski definition) is 3. The van der Waals surface area contributed by atoms with E-state index >= 15 is 0 Å². The second-order valence-corrected chi connectivity index (χ2v) is 7.74. The Kier molecular flexibility index (Phi) is 12.5. The van der Waals surface area contributed by atoms with E-state index in [1.807, 2.05) is 6.07 Å². The van der Waals surface area contributed by atoms with Crippen LogP contribution in [0.25, 0.3) is 0 Å². The highest BCUT2D eigenvalue weighted by Gasteiger charge is 2.19. The summed E-state index contributed by atoms with van der Waals surface area (Å²) in [5.41, 5.74) is 1.24. The maximum absolute atomic E-state index is 5.18. The molecule has 0 spiro atoms. The molecule has 0 aliphatic carbocycles. The van der Waals surface area contributed by atoms with Crippen LogP contribution in [0.1, 0.15) is 38.3 Å². The first-order valence-electron chi connectivity index (χ1n) is 9.64. The van der Waals surface area contributed by atoms with Crippen LogP contribution in [0.5, 0.6) is 0 Å². The fourth-order valence-corrected chi connectivity index (χ4v) is 3.89. The molecule has 2 N–H and O–H groups in total. The predicted octanol–water partition coefficient (Wildman–Crippen LogP) is 4.04. The molecule has 5 nitrogen and oxygen atoms in total. The van der Waals surface area contributed by atoms with Gasteiger partial charge in [-0.25, -0.2) is 0 Å². The van der Waals surface area contributed by atoms with Gasteiger partial charge in [-0.2, -0.15) is 0 Å². The van der Waals surface area contributed by atoms with E-state index in [1.54, 1.807) is 7.11 Å². The molecular weight excluding hydrogens is 519 g/mol. The molecule has 1 aromatic rings. The van der Waals surface area contributed by atoms with Crippen LogP contribution in [0.3, 0.4) is 0 Å². The molecule has 27 heavy (non-hydrogen) atoms. The Bertz CT molecular complexity index is 565. The van der Waals surface area contributed by atoms with Gasteiger partial charge in [0.25, 0.3) is 0 Å². The van der Waals surface area contributed by atoms with Gasteiger partial charge in [-0.05, 0) is 57.3 Å². The molecule has 154 valence electrons. The van der Waals surface area contributed by atoms with Crippen molar-refractivity contribution >= 4 is 45.9 Å². The summed E-state index contributed by atoms with van der Waals surface area (Å²) in [4.78, 5) is 7.34. The number of nitrogens with zero attached hydrogens (tertiary/aromatic N) is 2. The molecule has 1 aromatic carbocycles. The molecule has 1 fully saturated rings. The van der Waals surface area contributed by atoms with Gasteiger partial charge in [0.2, 0.25) is 0 Å². The molecule has 0 saturated carbocycles. The molecule has 1 aliphatic heterocycles. The number of halogens is 2. The lowest BCUT2D eigenvalue weighted by Crippen LogP contribution is -2.40. The summed E-state index contributed by atoms with van der Waals surface area (Å²) in [6.07, 6.45) is 2.43. The Balaban J connectivity index is 0.00000364. The average molecular weight is 553 g/mol. The molecule has 1 atom stereocenters. The third kappa shape index (κ3) is 8.66. The Morgan fingerprint density at radius 3 is 2.67 bits per heavy atom. The number of methoxy groups -OCH3 is 1. The molecule has 7 heteroatoms. The second-order valence-electron chi connectivity index (χ2n) is 6.88.